The van der Waals surface area contributed by atoms with Crippen LogP contribution in [-0.4, -0.2) is 38.4 Å². The van der Waals surface area contributed by atoms with Gasteiger partial charge in [-0.15, -0.1) is 14.8 Å². The quantitative estimate of drug-likeness (QED) is 0.703. The molecule has 1 aromatic carbocycles. The topological polar surface area (TPSA) is 77.2 Å². The molecule has 0 amide bonds. The molecule has 0 unspecified atom stereocenters. The van der Waals surface area contributed by atoms with Crippen LogP contribution < -0.4 is 10.1 Å². The lowest BCUT2D eigenvalue weighted by Crippen LogP contribution is -2.13. The number of hydrogen-bond donors (Lipinski definition) is 1. The maximum Gasteiger partial charge on any atom is 0.200 e. The highest BCUT2D eigenvalue weighted by atomic mass is 19.1. The second-order valence-electron chi connectivity index (χ2n) is 3.95. The van der Waals surface area contributed by atoms with E-state index in [0.717, 1.165) is 0 Å². The normalized spacial score (nSPS) is 10.7. The molecule has 0 aliphatic carbocycles. The summed E-state index contributed by atoms with van der Waals surface area (Å²) < 4.78 is 19.9. The van der Waals surface area contributed by atoms with E-state index >= 15 is 0 Å². The number of nitrogens with zero attached hydrogens (tertiary/aromatic N) is 5. The Bertz CT molecular complexity index is 716. The Balaban J connectivity index is 1.53. The second kappa shape index (κ2) is 5.47. The monoisotopic (exact) mass is 274 g/mol. The molecule has 0 aliphatic heterocycles. The lowest BCUT2D eigenvalue weighted by Gasteiger charge is -2.08. The molecule has 102 valence electrons. The molecule has 0 saturated heterocycles. The van der Waals surface area contributed by atoms with Gasteiger partial charge in [-0.25, -0.2) is 4.39 Å². The maximum atomic E-state index is 13.3. The molecule has 0 radical (unpaired) electrons. The Kier molecular flexibility index (Phi) is 3.36. The fraction of sp³-hybridized carbons (Fsp3) is 0.167. The Labute approximate surface area is 113 Å². The minimum atomic E-state index is -0.374. The number of benzene rings is 1. The minimum absolute atomic E-state index is 0.234. The summed E-state index contributed by atoms with van der Waals surface area (Å²) >= 11 is 0. The summed E-state index contributed by atoms with van der Waals surface area (Å²) in [5.74, 6) is 0.473. The minimum Gasteiger partial charge on any atom is -0.489 e. The van der Waals surface area contributed by atoms with Crippen molar-refractivity contribution >= 4 is 11.5 Å². The number of tetrazole rings is 1. The molecular formula is C12H11FN6O. The zero-order valence-electron chi connectivity index (χ0n) is 10.4. The summed E-state index contributed by atoms with van der Waals surface area (Å²) in [5, 5.41) is 18.1. The van der Waals surface area contributed by atoms with Gasteiger partial charge in [0.1, 0.15) is 12.4 Å². The average Bonchev–Trinajstić information content (AvgIpc) is 2.93. The fourth-order valence-electron chi connectivity index (χ4n) is 1.65. The molecule has 3 rings (SSSR count). The van der Waals surface area contributed by atoms with Gasteiger partial charge in [-0.3, -0.25) is 0 Å². The van der Waals surface area contributed by atoms with Crippen LogP contribution in [0.5, 0.6) is 5.75 Å². The fourth-order valence-corrected chi connectivity index (χ4v) is 1.65. The molecule has 0 fully saturated rings. The van der Waals surface area contributed by atoms with Gasteiger partial charge in [0.15, 0.2) is 17.2 Å². The van der Waals surface area contributed by atoms with Gasteiger partial charge in [0.2, 0.25) is 0 Å². The first-order chi connectivity index (χ1) is 9.83. The van der Waals surface area contributed by atoms with Gasteiger partial charge in [-0.1, -0.05) is 12.1 Å². The molecule has 1 N–H and O–H groups in total. The Morgan fingerprint density at radius 3 is 3.00 bits per heavy atom. The van der Waals surface area contributed by atoms with Crippen molar-refractivity contribution in [2.24, 2.45) is 0 Å². The largest absolute Gasteiger partial charge is 0.489 e. The summed E-state index contributed by atoms with van der Waals surface area (Å²) in [4.78, 5) is 0. The second-order valence-corrected chi connectivity index (χ2v) is 3.95. The first kappa shape index (κ1) is 12.3. The van der Waals surface area contributed by atoms with Gasteiger partial charge in [0.05, 0.1) is 6.54 Å². The highest BCUT2D eigenvalue weighted by Crippen LogP contribution is 2.14. The highest BCUT2D eigenvalue weighted by Gasteiger charge is 2.02. The van der Waals surface area contributed by atoms with E-state index in [9.17, 15) is 4.39 Å². The van der Waals surface area contributed by atoms with Crippen molar-refractivity contribution in [1.29, 1.82) is 0 Å². The van der Waals surface area contributed by atoms with E-state index in [2.05, 4.69) is 25.9 Å². The van der Waals surface area contributed by atoms with E-state index in [0.29, 0.717) is 24.6 Å². The first-order valence-corrected chi connectivity index (χ1v) is 5.99. The van der Waals surface area contributed by atoms with Crippen LogP contribution in [0.25, 0.3) is 5.65 Å². The van der Waals surface area contributed by atoms with Crippen LogP contribution in [0, 0.1) is 5.82 Å². The molecule has 7 nitrogen and oxygen atoms in total. The van der Waals surface area contributed by atoms with E-state index < -0.39 is 0 Å². The van der Waals surface area contributed by atoms with E-state index in [1.54, 1.807) is 30.3 Å². The zero-order chi connectivity index (χ0) is 13.8. The molecule has 3 aromatic rings. The molecule has 0 spiro atoms. The maximum absolute atomic E-state index is 13.3. The third-order valence-electron chi connectivity index (χ3n) is 2.57. The van der Waals surface area contributed by atoms with Crippen molar-refractivity contribution in [2.75, 3.05) is 18.5 Å². The molecule has 0 atom stereocenters. The van der Waals surface area contributed by atoms with Gasteiger partial charge < -0.3 is 10.1 Å². The van der Waals surface area contributed by atoms with Crippen molar-refractivity contribution in [2.45, 2.75) is 0 Å². The molecule has 0 aliphatic rings. The number of fused-ring (bicyclic) bond motifs is 1. The number of anilines is 1. The number of hydrogen-bond acceptors (Lipinski definition) is 6. The summed E-state index contributed by atoms with van der Waals surface area (Å²) in [6, 6.07) is 9.78. The number of rotatable bonds is 5. The van der Waals surface area contributed by atoms with Crippen molar-refractivity contribution in [3.8, 4) is 5.75 Å². The van der Waals surface area contributed by atoms with Crippen LogP contribution in [0.4, 0.5) is 10.2 Å². The standard InChI is InChI=1S/C12H11FN6O/c13-9-3-1-2-4-10(9)20-8-7-14-11-5-6-12-15-17-18-19(12)16-11/h1-6H,7-8H2,(H,14,16). The van der Waals surface area contributed by atoms with Crippen LogP contribution in [0.1, 0.15) is 0 Å². The zero-order valence-corrected chi connectivity index (χ0v) is 10.4. The molecule has 20 heavy (non-hydrogen) atoms. The van der Waals surface area contributed by atoms with Crippen LogP contribution >= 0.6 is 0 Å². The lowest BCUT2D eigenvalue weighted by atomic mass is 10.3. The predicted octanol–water partition coefficient (Wildman–Crippen LogP) is 1.15. The van der Waals surface area contributed by atoms with E-state index in [4.69, 9.17) is 4.74 Å². The van der Waals surface area contributed by atoms with Gasteiger partial charge in [0, 0.05) is 0 Å². The van der Waals surface area contributed by atoms with Crippen LogP contribution in [0.3, 0.4) is 0 Å². The molecule has 2 heterocycles. The average molecular weight is 274 g/mol. The predicted molar refractivity (Wildman–Crippen MR) is 69.0 cm³/mol. The van der Waals surface area contributed by atoms with Crippen LogP contribution in [0.2, 0.25) is 0 Å². The molecule has 0 bridgehead atoms. The summed E-state index contributed by atoms with van der Waals surface area (Å²) in [5.41, 5.74) is 0.568. The van der Waals surface area contributed by atoms with Crippen molar-refractivity contribution in [3.05, 3.63) is 42.2 Å². The first-order valence-electron chi connectivity index (χ1n) is 5.99. The Morgan fingerprint density at radius 1 is 1.20 bits per heavy atom. The van der Waals surface area contributed by atoms with Crippen LogP contribution in [-0.2, 0) is 0 Å². The number of ether oxygens (including phenoxy) is 1. The van der Waals surface area contributed by atoms with Gasteiger partial charge in [-0.2, -0.15) is 0 Å². The summed E-state index contributed by atoms with van der Waals surface area (Å²) in [6.45, 7) is 0.797. The highest BCUT2D eigenvalue weighted by molar-refractivity contribution is 5.41. The number of aromatic nitrogens is 5. The van der Waals surface area contributed by atoms with E-state index in [-0.39, 0.29) is 11.6 Å². The number of halogens is 1. The van der Waals surface area contributed by atoms with Crippen molar-refractivity contribution in [3.63, 3.8) is 0 Å². The van der Waals surface area contributed by atoms with Gasteiger partial charge >= 0.3 is 0 Å². The number of nitrogens with one attached hydrogen (secondary N) is 1. The third kappa shape index (κ3) is 2.63. The third-order valence-corrected chi connectivity index (χ3v) is 2.57. The molecule has 8 heteroatoms. The van der Waals surface area contributed by atoms with Gasteiger partial charge in [0.25, 0.3) is 0 Å². The van der Waals surface area contributed by atoms with Crippen LogP contribution in [0.15, 0.2) is 36.4 Å². The summed E-state index contributed by atoms with van der Waals surface area (Å²) in [7, 11) is 0. The Hall–Kier alpha value is -2.77. The smallest absolute Gasteiger partial charge is 0.200 e. The van der Waals surface area contributed by atoms with E-state index in [1.165, 1.54) is 10.7 Å². The molecular weight excluding hydrogens is 263 g/mol. The molecule has 2 aromatic heterocycles. The SMILES string of the molecule is Fc1ccccc1OCCNc1ccc2nnnn2n1. The van der Waals surface area contributed by atoms with Gasteiger partial charge in [-0.05, 0) is 34.7 Å². The van der Waals surface area contributed by atoms with E-state index in [1.807, 2.05) is 0 Å². The molecule has 0 saturated carbocycles. The van der Waals surface area contributed by atoms with Crippen molar-refractivity contribution < 1.29 is 9.13 Å². The lowest BCUT2D eigenvalue weighted by molar-refractivity contribution is 0.315. The Morgan fingerprint density at radius 2 is 2.10 bits per heavy atom. The van der Waals surface area contributed by atoms with Crippen molar-refractivity contribution in [1.82, 2.24) is 25.3 Å². The number of para-hydroxylation sites is 1. The summed E-state index contributed by atoms with van der Waals surface area (Å²) in [6.07, 6.45) is 0.